The van der Waals surface area contributed by atoms with Crippen LogP contribution in [0.2, 0.25) is 0 Å². The minimum Gasteiger partial charge on any atom is -0.468 e. The van der Waals surface area contributed by atoms with Gasteiger partial charge in [-0.1, -0.05) is 11.8 Å². The highest BCUT2D eigenvalue weighted by molar-refractivity contribution is 8.00. The van der Waals surface area contributed by atoms with Crippen molar-refractivity contribution in [1.29, 1.82) is 0 Å². The average Bonchev–Trinajstić information content (AvgIpc) is 2.50. The van der Waals surface area contributed by atoms with Gasteiger partial charge in [0.2, 0.25) is 0 Å². The topological polar surface area (TPSA) is 57.0 Å². The Morgan fingerprint density at radius 1 is 1.77 bits per heavy atom. The number of hydrogen-bond acceptors (Lipinski definition) is 5. The molecule has 1 rings (SSSR count). The van der Waals surface area contributed by atoms with Gasteiger partial charge in [-0.2, -0.15) is 0 Å². The van der Waals surface area contributed by atoms with Gasteiger partial charge in [0.15, 0.2) is 5.16 Å². The number of ether oxygens (including phenoxy) is 1. The van der Waals surface area contributed by atoms with Crippen molar-refractivity contribution in [2.45, 2.75) is 17.3 Å². The number of hydrogen-bond donors (Lipinski definition) is 0. The molecule has 0 N–H and O–H groups in total. The molecule has 1 unspecified atom stereocenters. The van der Waals surface area contributed by atoms with Crippen molar-refractivity contribution < 1.29 is 9.53 Å². The molecule has 0 spiro atoms. The minimum atomic E-state index is -0.257. The Hall–Kier alpha value is -1.04. The van der Waals surface area contributed by atoms with E-state index in [4.69, 9.17) is 0 Å². The summed E-state index contributed by atoms with van der Waals surface area (Å²) < 4.78 is 6.34. The van der Waals surface area contributed by atoms with Crippen LogP contribution >= 0.6 is 11.8 Å². The van der Waals surface area contributed by atoms with Crippen LogP contribution in [-0.2, 0) is 16.6 Å². The van der Waals surface area contributed by atoms with Crippen molar-refractivity contribution in [2.75, 3.05) is 7.11 Å². The summed E-state index contributed by atoms with van der Waals surface area (Å²) in [5, 5.41) is 7.99. The molecule has 5 nitrogen and oxygen atoms in total. The zero-order valence-corrected chi connectivity index (χ0v) is 8.54. The monoisotopic (exact) mass is 201 g/mol. The second kappa shape index (κ2) is 4.27. The summed E-state index contributed by atoms with van der Waals surface area (Å²) in [7, 11) is 3.20. The van der Waals surface area contributed by atoms with Crippen LogP contribution in [0.5, 0.6) is 0 Å². The molecule has 0 aliphatic heterocycles. The van der Waals surface area contributed by atoms with Crippen molar-refractivity contribution in [1.82, 2.24) is 14.8 Å². The maximum absolute atomic E-state index is 11.0. The first-order chi connectivity index (χ1) is 6.15. The lowest BCUT2D eigenvalue weighted by Crippen LogP contribution is -2.15. The molecule has 1 aromatic rings. The van der Waals surface area contributed by atoms with Gasteiger partial charge in [-0.15, -0.1) is 10.2 Å². The highest BCUT2D eigenvalue weighted by Gasteiger charge is 2.16. The first-order valence-corrected chi connectivity index (χ1v) is 4.61. The van der Waals surface area contributed by atoms with Crippen LogP contribution in [0.25, 0.3) is 0 Å². The van der Waals surface area contributed by atoms with Gasteiger partial charge in [-0.05, 0) is 6.92 Å². The first kappa shape index (κ1) is 10.0. The number of nitrogens with zero attached hydrogens (tertiary/aromatic N) is 3. The van der Waals surface area contributed by atoms with Crippen LogP contribution in [0.1, 0.15) is 6.92 Å². The largest absolute Gasteiger partial charge is 0.468 e. The quantitative estimate of drug-likeness (QED) is 0.525. The third kappa shape index (κ3) is 2.45. The molecule has 6 heteroatoms. The minimum absolute atomic E-state index is 0.256. The summed E-state index contributed by atoms with van der Waals surface area (Å²) >= 11 is 1.32. The molecule has 0 saturated heterocycles. The van der Waals surface area contributed by atoms with E-state index < -0.39 is 0 Å². The Morgan fingerprint density at radius 3 is 2.92 bits per heavy atom. The number of rotatable bonds is 3. The molecule has 0 aliphatic rings. The number of esters is 1. The van der Waals surface area contributed by atoms with Crippen molar-refractivity contribution >= 4 is 17.7 Å². The summed E-state index contributed by atoms with van der Waals surface area (Å²) in [6, 6.07) is 0. The maximum atomic E-state index is 11.0. The Kier molecular flexibility index (Phi) is 3.30. The molecule has 0 radical (unpaired) electrons. The van der Waals surface area contributed by atoms with E-state index in [9.17, 15) is 4.79 Å². The van der Waals surface area contributed by atoms with E-state index in [-0.39, 0.29) is 11.2 Å². The lowest BCUT2D eigenvalue weighted by molar-refractivity contribution is -0.139. The fourth-order valence-electron chi connectivity index (χ4n) is 0.751. The van der Waals surface area contributed by atoms with Crippen molar-refractivity contribution in [3.63, 3.8) is 0 Å². The van der Waals surface area contributed by atoms with Gasteiger partial charge in [0.25, 0.3) is 0 Å². The van der Waals surface area contributed by atoms with E-state index >= 15 is 0 Å². The molecule has 1 aromatic heterocycles. The van der Waals surface area contributed by atoms with Crippen molar-refractivity contribution in [3.05, 3.63) is 6.33 Å². The molecule has 13 heavy (non-hydrogen) atoms. The van der Waals surface area contributed by atoms with E-state index in [0.29, 0.717) is 5.16 Å². The molecule has 0 saturated carbocycles. The Balaban J connectivity index is 2.59. The van der Waals surface area contributed by atoms with Crippen molar-refractivity contribution in [2.24, 2.45) is 7.05 Å². The third-order valence-corrected chi connectivity index (χ3v) is 2.61. The van der Waals surface area contributed by atoms with Gasteiger partial charge >= 0.3 is 5.97 Å². The van der Waals surface area contributed by atoms with Crippen LogP contribution in [-0.4, -0.2) is 33.1 Å². The smallest absolute Gasteiger partial charge is 0.318 e. The number of carbonyl (C=O) groups is 1. The van der Waals surface area contributed by atoms with E-state index in [1.807, 2.05) is 7.05 Å². The third-order valence-electron chi connectivity index (χ3n) is 1.49. The van der Waals surface area contributed by atoms with Gasteiger partial charge in [0.1, 0.15) is 11.6 Å². The number of carbonyl (C=O) groups excluding carboxylic acids is 1. The normalized spacial score (nSPS) is 12.5. The molecular formula is C7H11N3O2S. The zero-order valence-electron chi connectivity index (χ0n) is 7.72. The molecule has 0 fully saturated rings. The number of methoxy groups -OCH3 is 1. The Bertz CT molecular complexity index is 300. The van der Waals surface area contributed by atoms with E-state index in [0.717, 1.165) is 0 Å². The molecule has 72 valence electrons. The fraction of sp³-hybridized carbons (Fsp3) is 0.571. The summed E-state index contributed by atoms with van der Waals surface area (Å²) in [5.74, 6) is -0.256. The molecular weight excluding hydrogens is 190 g/mol. The zero-order chi connectivity index (χ0) is 9.84. The Labute approximate surface area is 80.5 Å². The fourth-order valence-corrected chi connectivity index (χ4v) is 1.57. The van der Waals surface area contributed by atoms with Crippen LogP contribution in [0.3, 0.4) is 0 Å². The number of aryl methyl sites for hydroxylation is 1. The highest BCUT2D eigenvalue weighted by Crippen LogP contribution is 2.20. The second-order valence-electron chi connectivity index (χ2n) is 2.51. The maximum Gasteiger partial charge on any atom is 0.318 e. The molecule has 0 amide bonds. The van der Waals surface area contributed by atoms with E-state index in [1.165, 1.54) is 18.9 Å². The van der Waals surface area contributed by atoms with E-state index in [2.05, 4.69) is 14.9 Å². The highest BCUT2D eigenvalue weighted by atomic mass is 32.2. The standard InChI is InChI=1S/C7H11N3O2S/c1-5(6(11)12-3)13-7-9-8-4-10(7)2/h4-5H,1-3H3. The predicted octanol–water partition coefficient (Wildman–Crippen LogP) is 0.469. The lowest BCUT2D eigenvalue weighted by atomic mass is 10.5. The second-order valence-corrected chi connectivity index (χ2v) is 3.82. The van der Waals surface area contributed by atoms with Crippen molar-refractivity contribution in [3.8, 4) is 0 Å². The molecule has 0 aliphatic carbocycles. The summed E-state index contributed by atoms with van der Waals surface area (Å²) in [5.41, 5.74) is 0. The van der Waals surface area contributed by atoms with Crippen LogP contribution in [0, 0.1) is 0 Å². The van der Waals surface area contributed by atoms with Gasteiger partial charge in [-0.3, -0.25) is 4.79 Å². The molecule has 0 aromatic carbocycles. The Morgan fingerprint density at radius 2 is 2.46 bits per heavy atom. The van der Waals surface area contributed by atoms with Gasteiger partial charge < -0.3 is 9.30 Å². The van der Waals surface area contributed by atoms with E-state index in [1.54, 1.807) is 17.8 Å². The van der Waals surface area contributed by atoms with Crippen LogP contribution < -0.4 is 0 Å². The number of thioether (sulfide) groups is 1. The lowest BCUT2D eigenvalue weighted by Gasteiger charge is -2.06. The van der Waals surface area contributed by atoms with Gasteiger partial charge in [0.05, 0.1) is 7.11 Å². The summed E-state index contributed by atoms with van der Waals surface area (Å²) in [4.78, 5) is 11.0. The van der Waals surface area contributed by atoms with Gasteiger partial charge in [-0.25, -0.2) is 0 Å². The summed E-state index contributed by atoms with van der Waals surface area (Å²) in [6.07, 6.45) is 1.59. The van der Waals surface area contributed by atoms with Crippen LogP contribution in [0.15, 0.2) is 11.5 Å². The SMILES string of the molecule is COC(=O)C(C)Sc1nncn1C. The molecule has 1 heterocycles. The summed E-state index contributed by atoms with van der Waals surface area (Å²) in [6.45, 7) is 1.77. The first-order valence-electron chi connectivity index (χ1n) is 3.73. The molecule has 1 atom stereocenters. The molecule has 0 bridgehead atoms. The number of aromatic nitrogens is 3. The van der Waals surface area contributed by atoms with Crippen LogP contribution in [0.4, 0.5) is 0 Å². The average molecular weight is 201 g/mol. The van der Waals surface area contributed by atoms with Gasteiger partial charge in [0, 0.05) is 7.05 Å². The predicted molar refractivity (Wildman–Crippen MR) is 48.3 cm³/mol.